The molecule has 0 bridgehead atoms. The van der Waals surface area contributed by atoms with E-state index in [0.717, 1.165) is 11.8 Å². The first-order chi connectivity index (χ1) is 12.2. The van der Waals surface area contributed by atoms with Crippen molar-refractivity contribution in [3.05, 3.63) is 59.7 Å². The highest BCUT2D eigenvalue weighted by Crippen LogP contribution is 2.21. The van der Waals surface area contributed by atoms with Crippen LogP contribution in [0.2, 0.25) is 0 Å². The molecule has 0 fully saturated rings. The Morgan fingerprint density at radius 1 is 1.12 bits per heavy atom. The molecule has 1 amide bonds. The number of aryl methyl sites for hydroxylation is 1. The number of benzene rings is 2. The van der Waals surface area contributed by atoms with E-state index < -0.39 is 10.0 Å². The number of rotatable bonds is 7. The Kier molecular flexibility index (Phi) is 6.42. The fraction of sp³-hybridized carbons (Fsp3) is 0.350. The second-order valence-corrected chi connectivity index (χ2v) is 8.74. The molecule has 1 N–H and O–H groups in total. The van der Waals surface area contributed by atoms with Gasteiger partial charge in [0, 0.05) is 19.2 Å². The first-order valence-corrected chi connectivity index (χ1v) is 10.4. The van der Waals surface area contributed by atoms with Crippen LogP contribution >= 0.6 is 0 Å². The third kappa shape index (κ3) is 5.59. The van der Waals surface area contributed by atoms with Crippen LogP contribution in [0.25, 0.3) is 0 Å². The molecule has 0 saturated carbocycles. The van der Waals surface area contributed by atoms with Crippen LogP contribution in [0.4, 0.5) is 11.4 Å². The summed E-state index contributed by atoms with van der Waals surface area (Å²) in [5, 5.41) is 2.83. The second kappa shape index (κ2) is 8.36. The Bertz CT molecular complexity index is 859. The molecule has 2 aromatic rings. The molecule has 0 atom stereocenters. The van der Waals surface area contributed by atoms with Crippen molar-refractivity contribution in [1.82, 2.24) is 0 Å². The van der Waals surface area contributed by atoms with Crippen LogP contribution < -0.4 is 9.62 Å². The SMILES string of the molecule is CC(C)c1ccc(CCC(=O)Nc2cccc(N(C)S(C)(=O)=O)c2)cc1. The Morgan fingerprint density at radius 2 is 1.77 bits per heavy atom. The highest BCUT2D eigenvalue weighted by Gasteiger charge is 2.12. The smallest absolute Gasteiger partial charge is 0.231 e. The average molecular weight is 375 g/mol. The van der Waals surface area contributed by atoms with Crippen LogP contribution in [-0.2, 0) is 21.2 Å². The maximum atomic E-state index is 12.2. The van der Waals surface area contributed by atoms with Crippen LogP contribution in [0.3, 0.4) is 0 Å². The molecule has 6 heteroatoms. The number of nitrogens with one attached hydrogen (secondary N) is 1. The van der Waals surface area contributed by atoms with Gasteiger partial charge < -0.3 is 5.32 Å². The van der Waals surface area contributed by atoms with Gasteiger partial charge in [-0.15, -0.1) is 0 Å². The van der Waals surface area contributed by atoms with Crippen LogP contribution in [0.15, 0.2) is 48.5 Å². The third-order valence-corrected chi connectivity index (χ3v) is 5.48. The van der Waals surface area contributed by atoms with Gasteiger partial charge in [-0.2, -0.15) is 0 Å². The van der Waals surface area contributed by atoms with Gasteiger partial charge in [-0.25, -0.2) is 8.42 Å². The van der Waals surface area contributed by atoms with Gasteiger partial charge in [-0.1, -0.05) is 44.2 Å². The van der Waals surface area contributed by atoms with Crippen LogP contribution in [0, 0.1) is 0 Å². The number of hydrogen-bond acceptors (Lipinski definition) is 3. The van der Waals surface area contributed by atoms with Crippen molar-refractivity contribution in [3.8, 4) is 0 Å². The predicted octanol–water partition coefficient (Wildman–Crippen LogP) is 3.78. The largest absolute Gasteiger partial charge is 0.326 e. The summed E-state index contributed by atoms with van der Waals surface area (Å²) in [7, 11) is -1.85. The molecule has 140 valence electrons. The van der Waals surface area contributed by atoms with Crippen molar-refractivity contribution in [2.24, 2.45) is 0 Å². The molecule has 0 unspecified atom stereocenters. The van der Waals surface area contributed by atoms with Gasteiger partial charge in [0.25, 0.3) is 0 Å². The maximum Gasteiger partial charge on any atom is 0.231 e. The lowest BCUT2D eigenvalue weighted by Gasteiger charge is -2.17. The Labute approximate surface area is 156 Å². The highest BCUT2D eigenvalue weighted by molar-refractivity contribution is 7.92. The van der Waals surface area contributed by atoms with Crippen molar-refractivity contribution in [2.75, 3.05) is 22.9 Å². The average Bonchev–Trinajstić information content (AvgIpc) is 2.59. The van der Waals surface area contributed by atoms with Crippen molar-refractivity contribution in [2.45, 2.75) is 32.6 Å². The summed E-state index contributed by atoms with van der Waals surface area (Å²) in [4.78, 5) is 12.2. The predicted molar refractivity (Wildman–Crippen MR) is 107 cm³/mol. The summed E-state index contributed by atoms with van der Waals surface area (Å²) >= 11 is 0. The van der Waals surface area contributed by atoms with Crippen molar-refractivity contribution in [1.29, 1.82) is 0 Å². The van der Waals surface area contributed by atoms with E-state index >= 15 is 0 Å². The van der Waals surface area contributed by atoms with Crippen LogP contribution in [-0.4, -0.2) is 27.6 Å². The second-order valence-electron chi connectivity index (χ2n) is 6.73. The Balaban J connectivity index is 1.95. The van der Waals surface area contributed by atoms with Gasteiger partial charge >= 0.3 is 0 Å². The molecular formula is C20H26N2O3S. The summed E-state index contributed by atoms with van der Waals surface area (Å²) in [5.74, 6) is 0.391. The lowest BCUT2D eigenvalue weighted by molar-refractivity contribution is -0.116. The number of carbonyl (C=O) groups excluding carboxylic acids is 1. The van der Waals surface area contributed by atoms with E-state index in [9.17, 15) is 13.2 Å². The zero-order valence-electron chi connectivity index (χ0n) is 15.7. The molecule has 26 heavy (non-hydrogen) atoms. The molecule has 0 saturated heterocycles. The molecule has 0 aliphatic heterocycles. The van der Waals surface area contributed by atoms with Crippen LogP contribution in [0.5, 0.6) is 0 Å². The molecule has 0 aliphatic rings. The van der Waals surface area contributed by atoms with E-state index in [-0.39, 0.29) is 5.91 Å². The fourth-order valence-corrected chi connectivity index (χ4v) is 3.02. The van der Waals surface area contributed by atoms with Crippen LogP contribution in [0.1, 0.15) is 37.3 Å². The van der Waals surface area contributed by atoms with E-state index in [4.69, 9.17) is 0 Å². The Morgan fingerprint density at radius 3 is 2.35 bits per heavy atom. The molecule has 5 nitrogen and oxygen atoms in total. The zero-order chi connectivity index (χ0) is 19.3. The summed E-state index contributed by atoms with van der Waals surface area (Å²) in [6, 6.07) is 15.1. The zero-order valence-corrected chi connectivity index (χ0v) is 16.5. The number of sulfonamides is 1. The molecule has 0 radical (unpaired) electrons. The van der Waals surface area contributed by atoms with Gasteiger partial charge in [0.05, 0.1) is 11.9 Å². The number of carbonyl (C=O) groups is 1. The quantitative estimate of drug-likeness (QED) is 0.802. The molecule has 0 aliphatic carbocycles. The number of amides is 1. The molecule has 2 rings (SSSR count). The molecule has 0 heterocycles. The summed E-state index contributed by atoms with van der Waals surface area (Å²) in [6.45, 7) is 4.30. The van der Waals surface area contributed by atoms with Gasteiger partial charge in [0.1, 0.15) is 0 Å². The molecule has 0 aromatic heterocycles. The monoisotopic (exact) mass is 374 g/mol. The minimum Gasteiger partial charge on any atom is -0.326 e. The van der Waals surface area contributed by atoms with Crippen molar-refractivity contribution < 1.29 is 13.2 Å². The first-order valence-electron chi connectivity index (χ1n) is 8.59. The van der Waals surface area contributed by atoms with Gasteiger partial charge in [0.2, 0.25) is 15.9 Å². The lowest BCUT2D eigenvalue weighted by Crippen LogP contribution is -2.24. The van der Waals surface area contributed by atoms with Gasteiger partial charge in [-0.3, -0.25) is 9.10 Å². The molecule has 2 aromatic carbocycles. The van der Waals surface area contributed by atoms with E-state index in [1.54, 1.807) is 24.3 Å². The third-order valence-electron chi connectivity index (χ3n) is 4.28. The Hall–Kier alpha value is -2.34. The van der Waals surface area contributed by atoms with E-state index in [2.05, 4.69) is 43.4 Å². The molecule has 0 spiro atoms. The number of nitrogens with zero attached hydrogens (tertiary/aromatic N) is 1. The summed E-state index contributed by atoms with van der Waals surface area (Å²) in [6.07, 6.45) is 2.17. The standard InChI is InChI=1S/C20H26N2O3S/c1-15(2)17-11-8-16(9-12-17)10-13-20(23)21-18-6-5-7-19(14-18)22(3)26(4,24)25/h5-9,11-12,14-15H,10,13H2,1-4H3,(H,21,23). The highest BCUT2D eigenvalue weighted by atomic mass is 32.2. The van der Waals surface area contributed by atoms with Crippen molar-refractivity contribution >= 4 is 27.3 Å². The topological polar surface area (TPSA) is 66.5 Å². The normalized spacial score (nSPS) is 11.4. The number of anilines is 2. The fourth-order valence-electron chi connectivity index (χ4n) is 2.52. The summed E-state index contributed by atoms with van der Waals surface area (Å²) < 4.78 is 24.4. The summed E-state index contributed by atoms with van der Waals surface area (Å²) in [5.41, 5.74) is 3.49. The maximum absolute atomic E-state index is 12.2. The van der Waals surface area contributed by atoms with Gasteiger partial charge in [-0.05, 0) is 41.7 Å². The minimum absolute atomic E-state index is 0.0999. The first kappa shape index (κ1) is 20.0. The van der Waals surface area contributed by atoms with Crippen molar-refractivity contribution in [3.63, 3.8) is 0 Å². The molecular weight excluding hydrogens is 348 g/mol. The van der Waals surface area contributed by atoms with Gasteiger partial charge in [0.15, 0.2) is 0 Å². The minimum atomic E-state index is -3.34. The number of hydrogen-bond donors (Lipinski definition) is 1. The van der Waals surface area contributed by atoms with E-state index in [1.807, 2.05) is 0 Å². The lowest BCUT2D eigenvalue weighted by atomic mass is 10.0. The van der Waals surface area contributed by atoms with E-state index in [1.165, 1.54) is 16.9 Å². The van der Waals surface area contributed by atoms with E-state index in [0.29, 0.717) is 30.1 Å².